The molecular formula is C11H21N5O2S. The van der Waals surface area contributed by atoms with Crippen molar-refractivity contribution in [3.05, 3.63) is 11.4 Å². The first kappa shape index (κ1) is 15.6. The molecule has 0 aliphatic rings. The first-order chi connectivity index (χ1) is 8.58. The molecule has 1 aromatic rings. The van der Waals surface area contributed by atoms with Crippen LogP contribution in [0.3, 0.4) is 0 Å². The lowest BCUT2D eigenvalue weighted by Gasteiger charge is -2.24. The molecule has 0 aliphatic carbocycles. The Morgan fingerprint density at radius 1 is 1.21 bits per heavy atom. The second-order valence-corrected chi connectivity index (χ2v) is 7.77. The Balaban J connectivity index is 2.99. The third kappa shape index (κ3) is 3.54. The molecule has 0 aliphatic heterocycles. The lowest BCUT2D eigenvalue weighted by Crippen LogP contribution is -2.38. The van der Waals surface area contributed by atoms with Gasteiger partial charge in [0.15, 0.2) is 9.84 Å². The lowest BCUT2D eigenvalue weighted by atomic mass is 10.2. The highest BCUT2D eigenvalue weighted by Gasteiger charge is 2.30. The standard InChI is InChI=1S/C11H21N5O2S/c1-7-9(14-8(2)15-10(7)16-12)13-6-11(3,4)19(5,17)18/h6,12H2,1-5H3,(H2,13,14,15,16). The normalized spacial score (nSPS) is 12.3. The van der Waals surface area contributed by atoms with E-state index in [9.17, 15) is 8.42 Å². The molecule has 108 valence electrons. The summed E-state index contributed by atoms with van der Waals surface area (Å²) in [6.45, 7) is 7.15. The fraction of sp³-hybridized carbons (Fsp3) is 0.636. The Morgan fingerprint density at radius 2 is 1.74 bits per heavy atom. The summed E-state index contributed by atoms with van der Waals surface area (Å²) < 4.78 is 22.4. The predicted molar refractivity (Wildman–Crippen MR) is 76.7 cm³/mol. The van der Waals surface area contributed by atoms with E-state index in [1.807, 2.05) is 6.92 Å². The molecule has 0 saturated heterocycles. The molecule has 0 fully saturated rings. The molecule has 0 spiro atoms. The summed E-state index contributed by atoms with van der Waals surface area (Å²) in [4.78, 5) is 8.39. The maximum Gasteiger partial charge on any atom is 0.154 e. The van der Waals surface area contributed by atoms with Gasteiger partial charge in [-0.15, -0.1) is 0 Å². The zero-order valence-corrected chi connectivity index (χ0v) is 12.7. The zero-order chi connectivity index (χ0) is 14.8. The monoisotopic (exact) mass is 287 g/mol. The average molecular weight is 287 g/mol. The van der Waals surface area contributed by atoms with Gasteiger partial charge in [0, 0.05) is 18.4 Å². The number of rotatable bonds is 5. The van der Waals surface area contributed by atoms with E-state index >= 15 is 0 Å². The van der Waals surface area contributed by atoms with Gasteiger partial charge in [-0.25, -0.2) is 24.2 Å². The molecule has 0 unspecified atom stereocenters. The van der Waals surface area contributed by atoms with Crippen molar-refractivity contribution in [3.63, 3.8) is 0 Å². The molecule has 19 heavy (non-hydrogen) atoms. The summed E-state index contributed by atoms with van der Waals surface area (Å²) in [5, 5.41) is 3.05. The van der Waals surface area contributed by atoms with Crippen LogP contribution in [-0.2, 0) is 9.84 Å². The molecule has 0 amide bonds. The van der Waals surface area contributed by atoms with Crippen LogP contribution < -0.4 is 16.6 Å². The molecule has 4 N–H and O–H groups in total. The van der Waals surface area contributed by atoms with E-state index in [0.29, 0.717) is 17.5 Å². The summed E-state index contributed by atoms with van der Waals surface area (Å²) in [5.74, 6) is 7.03. The zero-order valence-electron chi connectivity index (χ0n) is 11.9. The molecular weight excluding hydrogens is 266 g/mol. The van der Waals surface area contributed by atoms with Crippen LogP contribution in [0.4, 0.5) is 11.6 Å². The molecule has 8 heteroatoms. The van der Waals surface area contributed by atoms with Crippen LogP contribution in [0.15, 0.2) is 0 Å². The minimum Gasteiger partial charge on any atom is -0.368 e. The minimum absolute atomic E-state index is 0.257. The lowest BCUT2D eigenvalue weighted by molar-refractivity contribution is 0.559. The Morgan fingerprint density at radius 3 is 2.21 bits per heavy atom. The van der Waals surface area contributed by atoms with Crippen LogP contribution in [0.1, 0.15) is 25.2 Å². The maximum absolute atomic E-state index is 11.6. The highest BCUT2D eigenvalue weighted by atomic mass is 32.2. The van der Waals surface area contributed by atoms with E-state index in [-0.39, 0.29) is 6.54 Å². The van der Waals surface area contributed by atoms with Crippen molar-refractivity contribution in [1.82, 2.24) is 9.97 Å². The van der Waals surface area contributed by atoms with Crippen molar-refractivity contribution in [3.8, 4) is 0 Å². The number of hydrazine groups is 1. The van der Waals surface area contributed by atoms with Gasteiger partial charge in [0.1, 0.15) is 17.5 Å². The molecule has 1 heterocycles. The topological polar surface area (TPSA) is 110 Å². The van der Waals surface area contributed by atoms with Crippen molar-refractivity contribution in [2.24, 2.45) is 5.84 Å². The average Bonchev–Trinajstić information content (AvgIpc) is 2.28. The van der Waals surface area contributed by atoms with E-state index in [4.69, 9.17) is 5.84 Å². The molecule has 0 radical (unpaired) electrons. The minimum atomic E-state index is -3.16. The highest BCUT2D eigenvalue weighted by molar-refractivity contribution is 7.92. The van der Waals surface area contributed by atoms with Gasteiger partial charge in [-0.1, -0.05) is 0 Å². The second kappa shape index (κ2) is 5.30. The predicted octanol–water partition coefficient (Wildman–Crippen LogP) is 0.614. The van der Waals surface area contributed by atoms with Gasteiger partial charge in [0.25, 0.3) is 0 Å². The van der Waals surface area contributed by atoms with E-state index in [2.05, 4.69) is 20.7 Å². The van der Waals surface area contributed by atoms with Gasteiger partial charge >= 0.3 is 0 Å². The first-order valence-corrected chi connectivity index (χ1v) is 7.73. The Hall–Kier alpha value is -1.41. The Kier molecular flexibility index (Phi) is 4.36. The summed E-state index contributed by atoms with van der Waals surface area (Å²) in [6.07, 6.45) is 1.22. The second-order valence-electron chi connectivity index (χ2n) is 5.12. The fourth-order valence-corrected chi connectivity index (χ4v) is 1.70. The van der Waals surface area contributed by atoms with Crippen molar-refractivity contribution in [2.45, 2.75) is 32.4 Å². The quantitative estimate of drug-likeness (QED) is 0.537. The number of hydrogen-bond donors (Lipinski definition) is 3. The largest absolute Gasteiger partial charge is 0.368 e. The van der Waals surface area contributed by atoms with Crippen LogP contribution in [0.2, 0.25) is 0 Å². The van der Waals surface area contributed by atoms with Crippen molar-refractivity contribution in [2.75, 3.05) is 23.5 Å². The van der Waals surface area contributed by atoms with Gasteiger partial charge in [-0.2, -0.15) is 0 Å². The van der Waals surface area contributed by atoms with Crippen LogP contribution in [0, 0.1) is 13.8 Å². The first-order valence-electron chi connectivity index (χ1n) is 5.84. The number of nitrogens with one attached hydrogen (secondary N) is 2. The van der Waals surface area contributed by atoms with Crippen LogP contribution in [-0.4, -0.2) is 35.9 Å². The number of sulfone groups is 1. The van der Waals surface area contributed by atoms with E-state index in [0.717, 1.165) is 5.56 Å². The fourth-order valence-electron chi connectivity index (χ4n) is 1.37. The summed E-state index contributed by atoms with van der Waals surface area (Å²) >= 11 is 0. The summed E-state index contributed by atoms with van der Waals surface area (Å²) in [6, 6.07) is 0. The molecule has 0 atom stereocenters. The van der Waals surface area contributed by atoms with Crippen molar-refractivity contribution >= 4 is 21.5 Å². The Bertz CT molecular complexity index is 569. The highest BCUT2D eigenvalue weighted by Crippen LogP contribution is 2.21. The van der Waals surface area contributed by atoms with Gasteiger partial charge in [0.05, 0.1) is 4.75 Å². The number of nitrogen functional groups attached to an aromatic ring is 1. The maximum atomic E-state index is 11.6. The summed E-state index contributed by atoms with van der Waals surface area (Å²) in [5.41, 5.74) is 3.24. The number of hydrogen-bond acceptors (Lipinski definition) is 7. The molecule has 1 rings (SSSR count). The number of aryl methyl sites for hydroxylation is 1. The van der Waals surface area contributed by atoms with Gasteiger partial charge in [-0.05, 0) is 27.7 Å². The van der Waals surface area contributed by atoms with Gasteiger partial charge in [0.2, 0.25) is 0 Å². The molecule has 1 aromatic heterocycles. The number of aromatic nitrogens is 2. The van der Waals surface area contributed by atoms with E-state index in [1.54, 1.807) is 20.8 Å². The van der Waals surface area contributed by atoms with Crippen LogP contribution >= 0.6 is 0 Å². The van der Waals surface area contributed by atoms with Gasteiger partial charge < -0.3 is 10.7 Å². The SMILES string of the molecule is Cc1nc(NN)c(C)c(NCC(C)(C)S(C)(=O)=O)n1. The van der Waals surface area contributed by atoms with E-state index < -0.39 is 14.6 Å². The van der Waals surface area contributed by atoms with Crippen molar-refractivity contribution < 1.29 is 8.42 Å². The third-order valence-corrected chi connectivity index (χ3v) is 5.23. The molecule has 7 nitrogen and oxygen atoms in total. The summed E-state index contributed by atoms with van der Waals surface area (Å²) in [7, 11) is -3.16. The van der Waals surface area contributed by atoms with Crippen LogP contribution in [0.5, 0.6) is 0 Å². The smallest absolute Gasteiger partial charge is 0.154 e. The Labute approximate surface area is 113 Å². The number of anilines is 2. The van der Waals surface area contributed by atoms with E-state index in [1.165, 1.54) is 6.26 Å². The third-order valence-electron chi connectivity index (χ3n) is 3.08. The molecule has 0 aromatic carbocycles. The van der Waals surface area contributed by atoms with Gasteiger partial charge in [-0.3, -0.25) is 0 Å². The molecule has 0 saturated carbocycles. The number of nitrogens with two attached hydrogens (primary N) is 1. The number of nitrogens with zero attached hydrogens (tertiary/aromatic N) is 2. The van der Waals surface area contributed by atoms with Crippen molar-refractivity contribution in [1.29, 1.82) is 0 Å². The molecule has 0 bridgehead atoms. The van der Waals surface area contributed by atoms with Crippen LogP contribution in [0.25, 0.3) is 0 Å².